The van der Waals surface area contributed by atoms with E-state index in [4.69, 9.17) is 15.1 Å². The second kappa shape index (κ2) is 195. The van der Waals surface area contributed by atoms with Gasteiger partial charge >= 0.3 is 45.1 Å². The van der Waals surface area contributed by atoms with Crippen LogP contribution in [-0.2, 0) is 0 Å². The Labute approximate surface area is 118 Å². The molecule has 0 aliphatic carbocycles. The van der Waals surface area contributed by atoms with Crippen LogP contribution in [0, 0.1) is 0 Å². The maximum atomic E-state index is 7.17. The summed E-state index contributed by atoms with van der Waals surface area (Å²) in [4.78, 5) is 0. The largest absolute Gasteiger partial charge is 2.00 e. The molecule has 0 rings (SSSR count). The minimum atomic E-state index is -2.17. The van der Waals surface area contributed by atoms with Crippen molar-refractivity contribution >= 4 is 45.1 Å². The Kier molecular flexibility index (Phi) is 3110. The van der Waals surface area contributed by atoms with Crippen LogP contribution in [0.15, 0.2) is 0 Å². The van der Waals surface area contributed by atoms with Crippen molar-refractivity contribution < 1.29 is 72.7 Å². The zero-order valence-corrected chi connectivity index (χ0v) is 9.83. The average molecular weight is 284 g/mol. The van der Waals surface area contributed by atoms with Crippen LogP contribution >= 0.6 is 0 Å². The monoisotopic (exact) mass is 284 g/mol. The van der Waals surface area contributed by atoms with Crippen LogP contribution in [0.4, 0.5) is 0 Å². The van der Waals surface area contributed by atoms with E-state index < -0.39 is 7.32 Å². The van der Waals surface area contributed by atoms with Crippen molar-refractivity contribution in [2.75, 3.05) is 0 Å². The molecule has 15 heteroatoms. The molecule has 0 saturated carbocycles. The van der Waals surface area contributed by atoms with Crippen molar-refractivity contribution in [3.05, 3.63) is 0 Å². The summed E-state index contributed by atoms with van der Waals surface area (Å²) in [5, 5.41) is 21.5. The summed E-state index contributed by atoms with van der Waals surface area (Å²) in [6.45, 7) is 0. The maximum absolute atomic E-state index is 7.17. The van der Waals surface area contributed by atoms with Gasteiger partial charge < -0.3 is 72.7 Å². The van der Waals surface area contributed by atoms with E-state index >= 15 is 0 Å². The molecule has 0 unspecified atom stereocenters. The molecular weight excluding hydrogens is 259 g/mol. The van der Waals surface area contributed by atoms with E-state index in [1.807, 2.05) is 0 Å². The molecule has 0 spiro atoms. The van der Waals surface area contributed by atoms with E-state index in [0.717, 1.165) is 0 Å². The third-order valence-corrected chi connectivity index (χ3v) is 0. The molecule has 0 aromatic carbocycles. The Morgan fingerprint density at radius 3 is 0.467 bits per heavy atom. The van der Waals surface area contributed by atoms with Crippen LogP contribution in [0.25, 0.3) is 0 Å². The van der Waals surface area contributed by atoms with Crippen molar-refractivity contribution in [1.29, 1.82) is 0 Å². The topological polar surface area (TPSA) is 376 Å². The molecule has 0 bridgehead atoms. The fourth-order valence-electron chi connectivity index (χ4n) is 0. The van der Waals surface area contributed by atoms with Crippen LogP contribution in [-0.4, -0.2) is 115 Å². The van der Waals surface area contributed by atoms with Crippen LogP contribution < -0.4 is 0 Å². The average Bonchev–Trinajstić information content (AvgIpc) is 0.811. The molecule has 15 heavy (non-hydrogen) atoms. The first-order valence-corrected chi connectivity index (χ1v) is 0.775. The van der Waals surface area contributed by atoms with Gasteiger partial charge in [0, 0.05) is 0 Å². The summed E-state index contributed by atoms with van der Waals surface area (Å²) in [7, 11) is -2.17. The normalized spacial score (nSPS) is 1.80. The predicted molar refractivity (Wildman–Crippen MR) is 56.5 cm³/mol. The fraction of sp³-hybridized carbons (Fsp3) is 0. The van der Waals surface area contributed by atoms with Gasteiger partial charge in [0.1, 0.15) is 0 Å². The zero-order valence-electron chi connectivity index (χ0n) is 9.63. The molecule has 0 saturated heterocycles. The fourth-order valence-corrected chi connectivity index (χ4v) is 0. The number of rotatable bonds is 0. The molecule has 0 aromatic rings. The molecule has 0 aliphatic heterocycles. The van der Waals surface area contributed by atoms with E-state index in [1.165, 1.54) is 0 Å². The first-order chi connectivity index (χ1) is 1.73. The standard InChI is InChI=1S/BH3O3.Ca.10H2O.2H/c2-1(3)4;;;;;;;;;;;;;/h2-4H;;10*1H2;;/q;+2;;;;;;;;;;;2*-1. The smallest absolute Gasteiger partial charge is 1.00 e. The third-order valence-electron chi connectivity index (χ3n) is 0. The van der Waals surface area contributed by atoms with E-state index in [9.17, 15) is 0 Å². The van der Waals surface area contributed by atoms with Gasteiger partial charge in [-0.2, -0.15) is 0 Å². The minimum Gasteiger partial charge on any atom is -1.00 e. The van der Waals surface area contributed by atoms with Gasteiger partial charge in [0.15, 0.2) is 0 Å². The Morgan fingerprint density at radius 1 is 0.467 bits per heavy atom. The van der Waals surface area contributed by atoms with Crippen molar-refractivity contribution in [3.8, 4) is 0 Å². The maximum Gasteiger partial charge on any atom is 2.00 e. The predicted octanol–water partition coefficient (Wildman–Crippen LogP) is -10.5. The molecule has 13 nitrogen and oxygen atoms in total. The van der Waals surface area contributed by atoms with Gasteiger partial charge in [-0.25, -0.2) is 0 Å². The summed E-state index contributed by atoms with van der Waals surface area (Å²) in [6.07, 6.45) is 0. The third kappa shape index (κ3) is 3750. The molecule has 23 N–H and O–H groups in total. The summed E-state index contributed by atoms with van der Waals surface area (Å²) >= 11 is 0. The number of hydrogen-bond acceptors (Lipinski definition) is 3. The van der Waals surface area contributed by atoms with Crippen molar-refractivity contribution in [1.82, 2.24) is 0 Å². The summed E-state index contributed by atoms with van der Waals surface area (Å²) in [5.74, 6) is 0. The molecule has 0 radical (unpaired) electrons. The summed E-state index contributed by atoms with van der Waals surface area (Å²) in [6, 6.07) is 0. The SMILES string of the molecule is O.O.O.O.O.O.O.O.O.O.OB(O)O.[Ca+2].[H-].[H-]. The number of hydrogen-bond donors (Lipinski definition) is 3. The van der Waals surface area contributed by atoms with Gasteiger partial charge in [-0.3, -0.25) is 0 Å². The molecule has 0 atom stereocenters. The quantitative estimate of drug-likeness (QED) is 0.364. The Balaban J connectivity index is -0.000000000577. The summed E-state index contributed by atoms with van der Waals surface area (Å²) in [5.41, 5.74) is 0. The van der Waals surface area contributed by atoms with Crippen LogP contribution in [0.2, 0.25) is 0 Å². The molecule has 108 valence electrons. The molecular formula is H25BCaO13. The molecule has 0 fully saturated rings. The Bertz CT molecular complexity index is 24.1. The summed E-state index contributed by atoms with van der Waals surface area (Å²) < 4.78 is 0. The van der Waals surface area contributed by atoms with Gasteiger partial charge in [-0.15, -0.1) is 0 Å². The van der Waals surface area contributed by atoms with Gasteiger partial charge in [-0.05, 0) is 0 Å². The van der Waals surface area contributed by atoms with Crippen LogP contribution in [0.5, 0.6) is 0 Å². The van der Waals surface area contributed by atoms with E-state index in [2.05, 4.69) is 0 Å². The first-order valence-electron chi connectivity index (χ1n) is 0.775. The minimum absolute atomic E-state index is 0. The van der Waals surface area contributed by atoms with Gasteiger partial charge in [0.25, 0.3) is 0 Å². The second-order valence-corrected chi connectivity index (χ2v) is 0.346. The molecule has 0 amide bonds. The van der Waals surface area contributed by atoms with Crippen molar-refractivity contribution in [3.63, 3.8) is 0 Å². The molecule has 0 aliphatic rings. The van der Waals surface area contributed by atoms with E-state index in [0.29, 0.717) is 0 Å². The van der Waals surface area contributed by atoms with Gasteiger partial charge in [0.05, 0.1) is 0 Å². The molecule has 0 heterocycles. The van der Waals surface area contributed by atoms with E-state index in [1.54, 1.807) is 0 Å². The Morgan fingerprint density at radius 2 is 0.467 bits per heavy atom. The Hall–Kier alpha value is 0.805. The first kappa shape index (κ1) is 239. The van der Waals surface area contributed by atoms with Crippen molar-refractivity contribution in [2.45, 2.75) is 0 Å². The van der Waals surface area contributed by atoms with Crippen LogP contribution in [0.1, 0.15) is 2.85 Å². The van der Waals surface area contributed by atoms with Crippen LogP contribution in [0.3, 0.4) is 0 Å². The zero-order chi connectivity index (χ0) is 3.58. The van der Waals surface area contributed by atoms with E-state index in [-0.39, 0.29) is 95.4 Å². The second-order valence-electron chi connectivity index (χ2n) is 0.346. The van der Waals surface area contributed by atoms with Gasteiger partial charge in [-0.1, -0.05) is 0 Å². The van der Waals surface area contributed by atoms with Gasteiger partial charge in [0.2, 0.25) is 0 Å². The van der Waals surface area contributed by atoms with Crippen molar-refractivity contribution in [2.24, 2.45) is 0 Å². The molecule has 0 aromatic heterocycles.